The maximum absolute atomic E-state index is 13.7. The van der Waals surface area contributed by atoms with Crippen LogP contribution in [0.3, 0.4) is 0 Å². The average molecular weight is 569 g/mol. The van der Waals surface area contributed by atoms with Gasteiger partial charge in [-0.3, -0.25) is 19.0 Å². The Hall–Kier alpha value is -3.04. The second-order valence-electron chi connectivity index (χ2n) is 9.47. The van der Waals surface area contributed by atoms with Crippen molar-refractivity contribution in [1.82, 2.24) is 9.47 Å². The van der Waals surface area contributed by atoms with E-state index in [0.717, 1.165) is 12.1 Å². The van der Waals surface area contributed by atoms with Gasteiger partial charge in [0, 0.05) is 31.1 Å². The minimum Gasteiger partial charge on any atom is -0.469 e. The van der Waals surface area contributed by atoms with E-state index in [1.165, 1.54) is 36.9 Å². The number of methoxy groups -OCH3 is 1. The molecule has 1 saturated heterocycles. The minimum atomic E-state index is -4.54. The van der Waals surface area contributed by atoms with Crippen LogP contribution < -0.4 is 0 Å². The Balaban J connectivity index is 1.67. The number of carbonyl (C=O) groups excluding carboxylic acids is 3. The maximum Gasteiger partial charge on any atom is 0.416 e. The number of likely N-dealkylation sites (tertiary alicyclic amines) is 1. The van der Waals surface area contributed by atoms with Gasteiger partial charge in [-0.05, 0) is 68.0 Å². The molecule has 2 heterocycles. The number of esters is 1. The highest BCUT2D eigenvalue weighted by Gasteiger charge is 2.33. The molecule has 1 fully saturated rings. The first kappa shape index (κ1) is 28.0. The van der Waals surface area contributed by atoms with Gasteiger partial charge in [-0.1, -0.05) is 23.2 Å². The van der Waals surface area contributed by atoms with Crippen molar-refractivity contribution in [3.8, 4) is 0 Å². The topological polar surface area (TPSA) is 68.6 Å². The van der Waals surface area contributed by atoms with Crippen LogP contribution in [0.4, 0.5) is 13.2 Å². The molecule has 2 aromatic carbocycles. The molecule has 1 aromatic heterocycles. The molecular formula is C27H25Cl2F3N2O4. The summed E-state index contributed by atoms with van der Waals surface area (Å²) in [5.41, 5.74) is 0.195. The van der Waals surface area contributed by atoms with Crippen LogP contribution in [0, 0.1) is 19.8 Å². The number of fused-ring (bicyclic) bond motifs is 1. The zero-order valence-electron chi connectivity index (χ0n) is 20.9. The summed E-state index contributed by atoms with van der Waals surface area (Å²) >= 11 is 13.0. The molecule has 0 aliphatic carbocycles. The van der Waals surface area contributed by atoms with Crippen LogP contribution in [-0.2, 0) is 15.7 Å². The lowest BCUT2D eigenvalue weighted by molar-refractivity contribution is -0.142. The first-order chi connectivity index (χ1) is 17.8. The van der Waals surface area contributed by atoms with Crippen LogP contribution in [0.5, 0.6) is 0 Å². The number of benzene rings is 2. The molecule has 0 bridgehead atoms. The highest BCUT2D eigenvalue weighted by Crippen LogP contribution is 2.37. The number of alkyl halides is 3. The van der Waals surface area contributed by atoms with Crippen LogP contribution in [0.25, 0.3) is 10.9 Å². The summed E-state index contributed by atoms with van der Waals surface area (Å²) < 4.78 is 46.0. The lowest BCUT2D eigenvalue weighted by Crippen LogP contribution is -2.39. The standard InChI is InChI=1S/C27H25Cl2F3N2O4/c1-14-10-17(27(30,31)32)12-19-15(2)13-34(24(14)19)26(37)22-20(28)5-4-18(23(22)29)25(36)33-8-6-16(7-9-33)11-21(35)38-3/h4-5,10,12-13,16H,6-9,11H2,1-3H3. The fraction of sp³-hybridized carbons (Fsp3) is 0.370. The molecule has 38 heavy (non-hydrogen) atoms. The normalized spacial score (nSPS) is 14.7. The Bertz CT molecular complexity index is 1440. The molecular weight excluding hydrogens is 544 g/mol. The largest absolute Gasteiger partial charge is 0.469 e. The van der Waals surface area contributed by atoms with E-state index in [0.29, 0.717) is 37.0 Å². The molecule has 0 spiro atoms. The van der Waals surface area contributed by atoms with Crippen molar-refractivity contribution in [2.45, 2.75) is 39.3 Å². The zero-order valence-corrected chi connectivity index (χ0v) is 22.4. The number of aromatic nitrogens is 1. The number of aryl methyl sites for hydroxylation is 2. The van der Waals surface area contributed by atoms with Gasteiger partial charge in [-0.2, -0.15) is 13.2 Å². The molecule has 1 aliphatic heterocycles. The van der Waals surface area contributed by atoms with Crippen LogP contribution in [0.2, 0.25) is 10.0 Å². The summed E-state index contributed by atoms with van der Waals surface area (Å²) in [5, 5.41) is 0.158. The molecule has 4 rings (SSSR count). The van der Waals surface area contributed by atoms with Crippen molar-refractivity contribution in [1.29, 1.82) is 0 Å². The third kappa shape index (κ3) is 5.27. The van der Waals surface area contributed by atoms with Crippen molar-refractivity contribution in [2.24, 2.45) is 5.92 Å². The number of piperidine rings is 1. The molecule has 6 nitrogen and oxygen atoms in total. The highest BCUT2D eigenvalue weighted by molar-refractivity contribution is 6.41. The lowest BCUT2D eigenvalue weighted by Gasteiger charge is -2.32. The van der Waals surface area contributed by atoms with E-state index < -0.39 is 17.6 Å². The summed E-state index contributed by atoms with van der Waals surface area (Å²) in [7, 11) is 1.33. The Kier molecular flexibility index (Phi) is 7.81. The molecule has 0 saturated carbocycles. The van der Waals surface area contributed by atoms with E-state index in [2.05, 4.69) is 0 Å². The maximum atomic E-state index is 13.7. The van der Waals surface area contributed by atoms with Crippen LogP contribution in [0.15, 0.2) is 30.5 Å². The molecule has 0 atom stereocenters. The number of halogens is 5. The molecule has 1 amide bonds. The molecule has 0 N–H and O–H groups in total. The van der Waals surface area contributed by atoms with E-state index in [1.54, 1.807) is 11.8 Å². The number of carbonyl (C=O) groups is 3. The second-order valence-corrected chi connectivity index (χ2v) is 10.3. The quantitative estimate of drug-likeness (QED) is 0.329. The van der Waals surface area contributed by atoms with E-state index in [9.17, 15) is 27.6 Å². The van der Waals surface area contributed by atoms with Gasteiger partial charge in [0.25, 0.3) is 11.8 Å². The number of rotatable bonds is 4. The molecule has 1 aliphatic rings. The number of hydrogen-bond donors (Lipinski definition) is 0. The Morgan fingerprint density at radius 1 is 1.03 bits per heavy atom. The molecule has 11 heteroatoms. The molecule has 0 unspecified atom stereocenters. The predicted octanol–water partition coefficient (Wildman–Crippen LogP) is 6.69. The summed E-state index contributed by atoms with van der Waals surface area (Å²) in [4.78, 5) is 40.2. The van der Waals surface area contributed by atoms with Gasteiger partial charge in [-0.25, -0.2) is 0 Å². The van der Waals surface area contributed by atoms with E-state index in [1.807, 2.05) is 0 Å². The van der Waals surface area contributed by atoms with Gasteiger partial charge < -0.3 is 9.64 Å². The Morgan fingerprint density at radius 3 is 2.29 bits per heavy atom. The van der Waals surface area contributed by atoms with Gasteiger partial charge in [-0.15, -0.1) is 0 Å². The van der Waals surface area contributed by atoms with Crippen LogP contribution in [-0.4, -0.2) is 47.4 Å². The molecule has 202 valence electrons. The van der Waals surface area contributed by atoms with Gasteiger partial charge in [0.05, 0.1) is 39.4 Å². The lowest BCUT2D eigenvalue weighted by atomic mass is 9.93. The highest BCUT2D eigenvalue weighted by atomic mass is 35.5. The minimum absolute atomic E-state index is 0.0115. The first-order valence-corrected chi connectivity index (χ1v) is 12.7. The summed E-state index contributed by atoms with van der Waals surface area (Å²) in [6.45, 7) is 3.92. The molecule has 3 aromatic rings. The number of nitrogens with zero attached hydrogens (tertiary/aromatic N) is 2. The Morgan fingerprint density at radius 2 is 1.68 bits per heavy atom. The first-order valence-electron chi connectivity index (χ1n) is 11.9. The van der Waals surface area contributed by atoms with E-state index in [4.69, 9.17) is 27.9 Å². The SMILES string of the molecule is COC(=O)CC1CCN(C(=O)c2ccc(Cl)c(C(=O)n3cc(C)c4cc(C(F)(F)F)cc(C)c43)c2Cl)CC1. The average Bonchev–Trinajstić information content (AvgIpc) is 3.20. The van der Waals surface area contributed by atoms with Crippen molar-refractivity contribution in [3.05, 3.63) is 68.3 Å². The summed E-state index contributed by atoms with van der Waals surface area (Å²) in [6, 6.07) is 4.85. The van der Waals surface area contributed by atoms with Crippen LogP contribution >= 0.6 is 23.2 Å². The van der Waals surface area contributed by atoms with Crippen molar-refractivity contribution in [3.63, 3.8) is 0 Å². The van der Waals surface area contributed by atoms with Crippen molar-refractivity contribution in [2.75, 3.05) is 20.2 Å². The number of amides is 1. The Labute approximate surface area is 227 Å². The van der Waals surface area contributed by atoms with Crippen LogP contribution in [0.1, 0.15) is 56.7 Å². The molecule has 0 radical (unpaired) electrons. The fourth-order valence-corrected chi connectivity index (χ4v) is 5.53. The van der Waals surface area contributed by atoms with Crippen molar-refractivity contribution >= 4 is 51.9 Å². The number of ether oxygens (including phenoxy) is 1. The third-order valence-corrected chi connectivity index (χ3v) is 7.66. The van der Waals surface area contributed by atoms with Gasteiger partial charge in [0.15, 0.2) is 0 Å². The fourth-order valence-electron chi connectivity index (χ4n) is 4.92. The van der Waals surface area contributed by atoms with Gasteiger partial charge in [0.1, 0.15) is 0 Å². The summed E-state index contributed by atoms with van der Waals surface area (Å²) in [6.07, 6.45) is -1.58. The van der Waals surface area contributed by atoms with Gasteiger partial charge in [0.2, 0.25) is 0 Å². The smallest absolute Gasteiger partial charge is 0.416 e. The third-order valence-electron chi connectivity index (χ3n) is 6.96. The zero-order chi connectivity index (χ0) is 27.9. The summed E-state index contributed by atoms with van der Waals surface area (Å²) in [5.74, 6) is -1.23. The van der Waals surface area contributed by atoms with E-state index >= 15 is 0 Å². The van der Waals surface area contributed by atoms with Crippen molar-refractivity contribution < 1.29 is 32.3 Å². The predicted molar refractivity (Wildman–Crippen MR) is 138 cm³/mol. The second kappa shape index (κ2) is 10.6. The number of hydrogen-bond acceptors (Lipinski definition) is 4. The van der Waals surface area contributed by atoms with E-state index in [-0.39, 0.29) is 56.3 Å². The monoisotopic (exact) mass is 568 g/mol. The van der Waals surface area contributed by atoms with Gasteiger partial charge >= 0.3 is 12.1 Å².